The van der Waals surface area contributed by atoms with E-state index in [0.717, 1.165) is 47.9 Å². The monoisotopic (exact) mass is 487 g/mol. The number of nitrogens with zero attached hydrogens (tertiary/aromatic N) is 2. The van der Waals surface area contributed by atoms with E-state index in [0.29, 0.717) is 37.5 Å². The van der Waals surface area contributed by atoms with Crippen LogP contribution >= 0.6 is 0 Å². The lowest BCUT2D eigenvalue weighted by Crippen LogP contribution is -2.52. The number of unbranched alkanes of at least 4 members (excludes halogenated alkanes) is 3. The molecule has 0 bridgehead atoms. The van der Waals surface area contributed by atoms with Crippen LogP contribution in [0.25, 0.3) is 10.9 Å². The summed E-state index contributed by atoms with van der Waals surface area (Å²) >= 11 is 0. The first-order chi connectivity index (χ1) is 17.6. The fourth-order valence-corrected chi connectivity index (χ4v) is 4.81. The Labute approximate surface area is 209 Å². The summed E-state index contributed by atoms with van der Waals surface area (Å²) < 4.78 is 12.0. The first-order valence-electron chi connectivity index (χ1n) is 12.5. The van der Waals surface area contributed by atoms with Crippen molar-refractivity contribution < 1.29 is 23.9 Å². The van der Waals surface area contributed by atoms with Gasteiger partial charge in [0.15, 0.2) is 0 Å². The zero-order chi connectivity index (χ0) is 24.9. The molecular formula is C28H29N3O5. The van der Waals surface area contributed by atoms with Gasteiger partial charge in [-0.25, -0.2) is 0 Å². The number of pyridine rings is 1. The van der Waals surface area contributed by atoms with Crippen LogP contribution in [0.3, 0.4) is 0 Å². The smallest absolute Gasteiger partial charge is 0.255 e. The minimum absolute atomic E-state index is 0.188. The summed E-state index contributed by atoms with van der Waals surface area (Å²) in [4.78, 5) is 42.6. The fourth-order valence-electron chi connectivity index (χ4n) is 4.81. The molecule has 2 aliphatic heterocycles. The van der Waals surface area contributed by atoms with Crippen molar-refractivity contribution in [1.82, 2.24) is 15.2 Å². The van der Waals surface area contributed by atoms with Crippen LogP contribution in [-0.4, -0.2) is 46.9 Å². The average molecular weight is 488 g/mol. The van der Waals surface area contributed by atoms with Crippen LogP contribution in [0.2, 0.25) is 0 Å². The number of hydrogen-bond acceptors (Lipinski definition) is 6. The van der Waals surface area contributed by atoms with Crippen molar-refractivity contribution >= 4 is 28.6 Å². The number of aromatic nitrogens is 1. The molecule has 0 saturated carbocycles. The lowest BCUT2D eigenvalue weighted by molar-refractivity contribution is -0.136. The van der Waals surface area contributed by atoms with E-state index in [9.17, 15) is 14.4 Å². The zero-order valence-corrected chi connectivity index (χ0v) is 20.1. The number of fused-ring (bicyclic) bond motifs is 2. The Morgan fingerprint density at radius 3 is 2.47 bits per heavy atom. The highest BCUT2D eigenvalue weighted by atomic mass is 16.5. The molecule has 0 aliphatic carbocycles. The summed E-state index contributed by atoms with van der Waals surface area (Å²) in [7, 11) is 0. The topological polar surface area (TPSA) is 97.8 Å². The molecule has 3 amide bonds. The second-order valence-corrected chi connectivity index (χ2v) is 9.12. The summed E-state index contributed by atoms with van der Waals surface area (Å²) in [5.74, 6) is 0.663. The van der Waals surface area contributed by atoms with E-state index >= 15 is 0 Å². The molecule has 5 rings (SSSR count). The molecule has 3 aromatic rings. The van der Waals surface area contributed by atoms with E-state index in [-0.39, 0.29) is 18.2 Å². The molecule has 1 saturated heterocycles. The van der Waals surface area contributed by atoms with Gasteiger partial charge >= 0.3 is 0 Å². The maximum Gasteiger partial charge on any atom is 0.255 e. The third kappa shape index (κ3) is 5.03. The van der Waals surface area contributed by atoms with Gasteiger partial charge in [0, 0.05) is 29.1 Å². The number of para-hydroxylation sites is 1. The number of rotatable bonds is 10. The van der Waals surface area contributed by atoms with Gasteiger partial charge in [0.2, 0.25) is 11.8 Å². The number of imide groups is 1. The fraction of sp³-hybridized carbons (Fsp3) is 0.357. The van der Waals surface area contributed by atoms with E-state index in [1.807, 2.05) is 36.4 Å². The molecule has 8 nitrogen and oxygen atoms in total. The van der Waals surface area contributed by atoms with E-state index in [1.54, 1.807) is 23.2 Å². The van der Waals surface area contributed by atoms with E-state index in [2.05, 4.69) is 10.3 Å². The van der Waals surface area contributed by atoms with Gasteiger partial charge < -0.3 is 14.4 Å². The lowest BCUT2D eigenvalue weighted by Gasteiger charge is -2.29. The number of carbonyl (C=O) groups excluding carboxylic acids is 3. The Morgan fingerprint density at radius 1 is 0.889 bits per heavy atom. The van der Waals surface area contributed by atoms with Gasteiger partial charge in [-0.05, 0) is 62.4 Å². The maximum absolute atomic E-state index is 12.9. The van der Waals surface area contributed by atoms with E-state index in [1.165, 1.54) is 0 Å². The number of hydrogen-bond donors (Lipinski definition) is 1. The highest BCUT2D eigenvalue weighted by molar-refractivity contribution is 6.05. The number of carbonyl (C=O) groups is 3. The third-order valence-corrected chi connectivity index (χ3v) is 6.70. The number of benzene rings is 2. The summed E-state index contributed by atoms with van der Waals surface area (Å²) in [6.45, 7) is 1.52. The number of amides is 3. The molecular weight excluding hydrogens is 458 g/mol. The Bertz CT molecular complexity index is 1290. The SMILES string of the molecule is O=C1CCC(N2Cc3c(OCCCCCCOc4ccnc5ccccc45)cccc3C2=O)C(=O)N1. The Balaban J connectivity index is 1.06. The van der Waals surface area contributed by atoms with Crippen molar-refractivity contribution in [3.8, 4) is 11.5 Å². The number of piperidine rings is 1. The predicted octanol–water partition coefficient (Wildman–Crippen LogP) is 4.01. The van der Waals surface area contributed by atoms with Crippen LogP contribution in [0.4, 0.5) is 0 Å². The zero-order valence-electron chi connectivity index (χ0n) is 20.1. The summed E-state index contributed by atoms with van der Waals surface area (Å²) in [5, 5.41) is 3.36. The van der Waals surface area contributed by atoms with Gasteiger partial charge in [-0.15, -0.1) is 0 Å². The van der Waals surface area contributed by atoms with Gasteiger partial charge in [-0.3, -0.25) is 24.7 Å². The molecule has 1 aromatic heterocycles. The molecule has 8 heteroatoms. The summed E-state index contributed by atoms with van der Waals surface area (Å²) in [6, 6.07) is 14.7. The van der Waals surface area contributed by atoms with Crippen LogP contribution in [0.1, 0.15) is 54.4 Å². The normalized spacial score (nSPS) is 17.3. The van der Waals surface area contributed by atoms with Crippen molar-refractivity contribution in [2.75, 3.05) is 13.2 Å². The van der Waals surface area contributed by atoms with E-state index in [4.69, 9.17) is 9.47 Å². The van der Waals surface area contributed by atoms with Gasteiger partial charge in [-0.1, -0.05) is 18.2 Å². The van der Waals surface area contributed by atoms with Crippen molar-refractivity contribution in [3.63, 3.8) is 0 Å². The molecule has 0 radical (unpaired) electrons. The van der Waals surface area contributed by atoms with E-state index < -0.39 is 11.9 Å². The van der Waals surface area contributed by atoms with Crippen molar-refractivity contribution in [2.24, 2.45) is 0 Å². The molecule has 2 aromatic carbocycles. The number of nitrogens with one attached hydrogen (secondary N) is 1. The van der Waals surface area contributed by atoms with Crippen molar-refractivity contribution in [1.29, 1.82) is 0 Å². The molecule has 186 valence electrons. The molecule has 1 N–H and O–H groups in total. The third-order valence-electron chi connectivity index (χ3n) is 6.70. The molecule has 0 spiro atoms. The highest BCUT2D eigenvalue weighted by Gasteiger charge is 2.40. The van der Waals surface area contributed by atoms with Crippen LogP contribution in [0.5, 0.6) is 11.5 Å². The van der Waals surface area contributed by atoms with Crippen molar-refractivity contribution in [3.05, 3.63) is 65.9 Å². The summed E-state index contributed by atoms with van der Waals surface area (Å²) in [6.07, 6.45) is 6.25. The molecule has 36 heavy (non-hydrogen) atoms. The Hall–Kier alpha value is -3.94. The first kappa shape index (κ1) is 23.8. The van der Waals surface area contributed by atoms with Crippen LogP contribution < -0.4 is 14.8 Å². The lowest BCUT2D eigenvalue weighted by atomic mass is 10.0. The van der Waals surface area contributed by atoms with Crippen molar-refractivity contribution in [2.45, 2.75) is 51.1 Å². The Morgan fingerprint density at radius 2 is 1.67 bits per heavy atom. The van der Waals surface area contributed by atoms with Gasteiger partial charge in [0.25, 0.3) is 5.91 Å². The minimum atomic E-state index is -0.622. The second kappa shape index (κ2) is 10.8. The number of ether oxygens (including phenoxy) is 2. The quantitative estimate of drug-likeness (QED) is 0.343. The van der Waals surface area contributed by atoms with Crippen LogP contribution in [0, 0.1) is 0 Å². The maximum atomic E-state index is 12.9. The minimum Gasteiger partial charge on any atom is -0.493 e. The van der Waals surface area contributed by atoms with Gasteiger partial charge in [0.05, 0.1) is 25.3 Å². The molecule has 1 atom stereocenters. The van der Waals surface area contributed by atoms with Gasteiger partial charge in [-0.2, -0.15) is 0 Å². The highest BCUT2D eigenvalue weighted by Crippen LogP contribution is 2.33. The molecule has 1 fully saturated rings. The average Bonchev–Trinajstić information content (AvgIpc) is 3.22. The largest absolute Gasteiger partial charge is 0.493 e. The van der Waals surface area contributed by atoms with Crippen LogP contribution in [0.15, 0.2) is 54.7 Å². The predicted molar refractivity (Wildman–Crippen MR) is 134 cm³/mol. The summed E-state index contributed by atoms with van der Waals surface area (Å²) in [5.41, 5.74) is 2.31. The van der Waals surface area contributed by atoms with Gasteiger partial charge in [0.1, 0.15) is 17.5 Å². The first-order valence-corrected chi connectivity index (χ1v) is 12.5. The molecule has 1 unspecified atom stereocenters. The van der Waals surface area contributed by atoms with Crippen LogP contribution in [-0.2, 0) is 16.1 Å². The molecule has 3 heterocycles. The standard InChI is InChI=1S/C28H29N3O5/c32-26-13-12-23(27(33)30-26)31-18-21-19(28(31)34)9-7-11-24(21)35-16-5-1-2-6-17-36-25-14-15-29-22-10-4-3-8-20(22)25/h3-4,7-11,14-15,23H,1-2,5-6,12-13,16-18H2,(H,30,32,33). The molecule has 2 aliphatic rings. The Kier molecular flexibility index (Phi) is 7.11. The second-order valence-electron chi connectivity index (χ2n) is 9.12.